The summed E-state index contributed by atoms with van der Waals surface area (Å²) in [5.74, 6) is 0. The van der Waals surface area contributed by atoms with E-state index in [1.165, 1.54) is 0 Å². The van der Waals surface area contributed by atoms with Crippen LogP contribution in [0.3, 0.4) is 0 Å². The second kappa shape index (κ2) is 41.4. The molecule has 0 heterocycles. The van der Waals surface area contributed by atoms with Gasteiger partial charge in [-0.1, -0.05) is 60.4 Å². The molecule has 84 valence electrons. The lowest BCUT2D eigenvalue weighted by Crippen LogP contribution is -1.95. The zero-order chi connectivity index (χ0) is 11.2. The summed E-state index contributed by atoms with van der Waals surface area (Å²) in [5.41, 5.74) is 8.67. The third-order valence-corrected chi connectivity index (χ3v) is 0. The summed E-state index contributed by atoms with van der Waals surface area (Å²) >= 11 is 6.21. The Balaban J connectivity index is -0.0000000226. The van der Waals surface area contributed by atoms with E-state index in [2.05, 4.69) is 36.7 Å². The number of amides is 2. The SMILES string of the molecule is C.CC.CC.NC(=O)S.NC(=O)S. The molecule has 4 N–H and O–H groups in total. The highest BCUT2D eigenvalue weighted by Gasteiger charge is 1.63. The van der Waals surface area contributed by atoms with Gasteiger partial charge in [-0.25, -0.2) is 0 Å². The number of carbonyl (C=O) groups excluding carboxylic acids is 2. The van der Waals surface area contributed by atoms with Crippen LogP contribution in [0.2, 0.25) is 0 Å². The monoisotopic (exact) mass is 230 g/mol. The Morgan fingerprint density at radius 1 is 0.846 bits per heavy atom. The molecular weight excluding hydrogens is 208 g/mol. The van der Waals surface area contributed by atoms with Crippen LogP contribution in [0.4, 0.5) is 9.59 Å². The van der Waals surface area contributed by atoms with Gasteiger partial charge in [-0.2, -0.15) is 0 Å². The average Bonchev–Trinajstić information content (AvgIpc) is 1.93. The first-order valence-electron chi connectivity index (χ1n) is 3.43. The third kappa shape index (κ3) is 8350. The molecule has 2 amide bonds. The number of carbonyl (C=O) groups is 2. The molecule has 0 aliphatic heterocycles. The summed E-state index contributed by atoms with van der Waals surface area (Å²) in [5, 5.41) is -1.28. The summed E-state index contributed by atoms with van der Waals surface area (Å²) in [6.07, 6.45) is 0. The highest BCUT2D eigenvalue weighted by atomic mass is 32.1. The summed E-state index contributed by atoms with van der Waals surface area (Å²) in [6.45, 7) is 8.00. The predicted octanol–water partition coefficient (Wildman–Crippen LogP) is 2.68. The van der Waals surface area contributed by atoms with Crippen LogP contribution in [0.15, 0.2) is 0 Å². The van der Waals surface area contributed by atoms with Gasteiger partial charge in [0.25, 0.3) is 10.5 Å². The van der Waals surface area contributed by atoms with Crippen molar-refractivity contribution in [3.05, 3.63) is 0 Å². The molecule has 0 aliphatic carbocycles. The van der Waals surface area contributed by atoms with E-state index in [1.807, 2.05) is 27.7 Å². The van der Waals surface area contributed by atoms with Gasteiger partial charge in [0, 0.05) is 0 Å². The Kier molecular flexibility index (Phi) is 93.5. The van der Waals surface area contributed by atoms with Gasteiger partial charge in [0.15, 0.2) is 0 Å². The van der Waals surface area contributed by atoms with E-state index in [4.69, 9.17) is 9.59 Å². The van der Waals surface area contributed by atoms with Crippen molar-refractivity contribution in [2.75, 3.05) is 0 Å². The van der Waals surface area contributed by atoms with Crippen LogP contribution < -0.4 is 11.5 Å². The van der Waals surface area contributed by atoms with Crippen LogP contribution in [0.5, 0.6) is 0 Å². The number of rotatable bonds is 0. The molecule has 0 aromatic carbocycles. The van der Waals surface area contributed by atoms with E-state index in [-0.39, 0.29) is 7.43 Å². The smallest absolute Gasteiger partial charge is 0.273 e. The number of hydrogen-bond acceptors (Lipinski definition) is 2. The fourth-order valence-electron chi connectivity index (χ4n) is 0. The molecule has 0 fully saturated rings. The molecule has 0 aromatic rings. The van der Waals surface area contributed by atoms with Crippen molar-refractivity contribution in [3.63, 3.8) is 0 Å². The van der Waals surface area contributed by atoms with Crippen LogP contribution >= 0.6 is 25.3 Å². The van der Waals surface area contributed by atoms with Gasteiger partial charge in [-0.3, -0.25) is 9.59 Å². The normalized spacial score (nSPS) is 4.77. The van der Waals surface area contributed by atoms with Gasteiger partial charge >= 0.3 is 0 Å². The highest BCUT2D eigenvalue weighted by molar-refractivity contribution is 7.96. The third-order valence-electron chi connectivity index (χ3n) is 0. The largest absolute Gasteiger partial charge is 0.361 e. The molecule has 0 aromatic heterocycles. The molecule has 0 saturated carbocycles. The molecule has 0 saturated heterocycles. The van der Waals surface area contributed by atoms with E-state index < -0.39 is 10.5 Å². The van der Waals surface area contributed by atoms with E-state index in [0.29, 0.717) is 0 Å². The Morgan fingerprint density at radius 3 is 0.846 bits per heavy atom. The Labute approximate surface area is 92.3 Å². The Morgan fingerprint density at radius 2 is 0.846 bits per heavy atom. The fourth-order valence-corrected chi connectivity index (χ4v) is 0. The van der Waals surface area contributed by atoms with Gasteiger partial charge in [0.05, 0.1) is 0 Å². The summed E-state index contributed by atoms with van der Waals surface area (Å²) < 4.78 is 0. The molecular formula is C7H22N2O2S2. The number of hydrogen-bond donors (Lipinski definition) is 4. The summed E-state index contributed by atoms with van der Waals surface area (Å²) in [7, 11) is 0. The van der Waals surface area contributed by atoms with Crippen LogP contribution in [0.1, 0.15) is 35.1 Å². The lowest BCUT2D eigenvalue weighted by molar-refractivity contribution is 0.266. The quantitative estimate of drug-likeness (QED) is 0.482. The summed E-state index contributed by atoms with van der Waals surface area (Å²) in [4.78, 5) is 18.2. The molecule has 0 atom stereocenters. The van der Waals surface area contributed by atoms with Gasteiger partial charge in [0.1, 0.15) is 0 Å². The van der Waals surface area contributed by atoms with Gasteiger partial charge < -0.3 is 11.5 Å². The van der Waals surface area contributed by atoms with Crippen molar-refractivity contribution < 1.29 is 9.59 Å². The number of thiol groups is 2. The second-order valence-electron chi connectivity index (χ2n) is 0.676. The van der Waals surface area contributed by atoms with E-state index in [9.17, 15) is 0 Å². The Hall–Kier alpha value is -0.360. The minimum Gasteiger partial charge on any atom is -0.361 e. The first kappa shape index (κ1) is 29.3. The van der Waals surface area contributed by atoms with Crippen molar-refractivity contribution in [1.29, 1.82) is 0 Å². The molecule has 0 spiro atoms. The highest BCUT2D eigenvalue weighted by Crippen LogP contribution is 1.61. The molecule has 0 radical (unpaired) electrons. The molecule has 0 unspecified atom stereocenters. The van der Waals surface area contributed by atoms with E-state index >= 15 is 0 Å². The van der Waals surface area contributed by atoms with Crippen molar-refractivity contribution in [2.24, 2.45) is 11.5 Å². The topological polar surface area (TPSA) is 86.2 Å². The Bertz CT molecular complexity index is 80.5. The first-order valence-corrected chi connectivity index (χ1v) is 4.33. The molecule has 4 nitrogen and oxygen atoms in total. The van der Waals surface area contributed by atoms with Crippen molar-refractivity contribution in [3.8, 4) is 0 Å². The van der Waals surface area contributed by atoms with Crippen molar-refractivity contribution >= 4 is 35.7 Å². The molecule has 0 aliphatic rings. The maximum absolute atomic E-state index is 9.09. The van der Waals surface area contributed by atoms with Gasteiger partial charge in [0.2, 0.25) is 0 Å². The molecule has 0 bridgehead atoms. The number of nitrogens with two attached hydrogens (primary N) is 2. The maximum Gasteiger partial charge on any atom is 0.273 e. The molecule has 13 heavy (non-hydrogen) atoms. The zero-order valence-corrected chi connectivity index (χ0v) is 9.65. The van der Waals surface area contributed by atoms with Gasteiger partial charge in [-0.05, 0) is 0 Å². The lowest BCUT2D eigenvalue weighted by Gasteiger charge is -1.59. The van der Waals surface area contributed by atoms with Crippen molar-refractivity contribution in [2.45, 2.75) is 35.1 Å². The molecule has 0 rings (SSSR count). The van der Waals surface area contributed by atoms with Crippen LogP contribution in [0, 0.1) is 0 Å². The fraction of sp³-hybridized carbons (Fsp3) is 0.714. The van der Waals surface area contributed by atoms with E-state index in [0.717, 1.165) is 0 Å². The van der Waals surface area contributed by atoms with Gasteiger partial charge in [-0.15, -0.1) is 0 Å². The minimum atomic E-state index is -0.639. The predicted molar refractivity (Wildman–Crippen MR) is 66.6 cm³/mol. The van der Waals surface area contributed by atoms with Crippen LogP contribution in [-0.2, 0) is 0 Å². The zero-order valence-electron chi connectivity index (χ0n) is 7.87. The molecule has 6 heteroatoms. The maximum atomic E-state index is 9.09. The van der Waals surface area contributed by atoms with Crippen LogP contribution in [-0.4, -0.2) is 10.5 Å². The lowest BCUT2D eigenvalue weighted by atomic mass is 11.0. The first-order chi connectivity index (χ1) is 5.46. The average molecular weight is 230 g/mol. The van der Waals surface area contributed by atoms with E-state index in [1.54, 1.807) is 0 Å². The van der Waals surface area contributed by atoms with Crippen LogP contribution in [0.25, 0.3) is 0 Å². The number of primary amides is 2. The van der Waals surface area contributed by atoms with Crippen molar-refractivity contribution in [1.82, 2.24) is 0 Å². The standard InChI is InChI=1S/2C2H6.2CH3NOS.CH4/c2*1-2;2*2-1(3)4;/h2*1-2H3;2*(H3,2,3,4);1H4. The second-order valence-corrected chi connectivity index (χ2v) is 1.56. The summed E-state index contributed by atoms with van der Waals surface area (Å²) in [6, 6.07) is 0. The minimum absolute atomic E-state index is 0.